The minimum absolute atomic E-state index is 0.0573. The number of aromatic hydroxyl groups is 1. The molecule has 5 nitrogen and oxygen atoms in total. The molecule has 0 aliphatic heterocycles. The zero-order valence-electron chi connectivity index (χ0n) is 15.9. The Hall–Kier alpha value is -3.68. The maximum absolute atomic E-state index is 13.0. The topological polar surface area (TPSA) is 70.9 Å². The summed E-state index contributed by atoms with van der Waals surface area (Å²) in [6.45, 7) is 1.80. The average molecular weight is 410 g/mol. The predicted molar refractivity (Wildman–Crippen MR) is 107 cm³/mol. The molecule has 0 aliphatic rings. The molecule has 1 atom stereocenters. The second kappa shape index (κ2) is 7.62. The molecule has 0 saturated carbocycles. The molecule has 0 spiro atoms. The summed E-state index contributed by atoms with van der Waals surface area (Å²) in [5, 5.41) is 14.7. The van der Waals surface area contributed by atoms with Gasteiger partial charge >= 0.3 is 6.18 Å². The summed E-state index contributed by atoms with van der Waals surface area (Å²) in [4.78, 5) is 12.7. The number of pyridine rings is 1. The van der Waals surface area contributed by atoms with Crippen LogP contribution in [0.15, 0.2) is 67.0 Å². The molecule has 0 amide bonds. The summed E-state index contributed by atoms with van der Waals surface area (Å²) < 4.78 is 39.0. The van der Waals surface area contributed by atoms with Crippen molar-refractivity contribution in [2.75, 3.05) is 5.32 Å². The van der Waals surface area contributed by atoms with E-state index in [1.807, 2.05) is 6.07 Å². The summed E-state index contributed by atoms with van der Waals surface area (Å²) in [6, 6.07) is 12.9. The molecule has 0 aliphatic carbocycles. The molecule has 2 heterocycles. The fourth-order valence-corrected chi connectivity index (χ4v) is 3.23. The van der Waals surface area contributed by atoms with E-state index in [4.69, 9.17) is 0 Å². The minimum atomic E-state index is -4.43. The number of halogens is 3. The molecule has 2 N–H and O–H groups in total. The van der Waals surface area contributed by atoms with Crippen molar-refractivity contribution in [3.05, 3.63) is 89.4 Å². The number of benzene rings is 2. The number of nitrogens with one attached hydrogen (secondary N) is 1. The van der Waals surface area contributed by atoms with Crippen LogP contribution in [0.1, 0.15) is 28.4 Å². The Kier molecular flexibility index (Phi) is 4.99. The predicted octanol–water partition coefficient (Wildman–Crippen LogP) is 5.26. The summed E-state index contributed by atoms with van der Waals surface area (Å²) in [7, 11) is 0. The first-order valence-electron chi connectivity index (χ1n) is 9.13. The van der Waals surface area contributed by atoms with Gasteiger partial charge in [-0.3, -0.25) is 4.98 Å². The fraction of sp³-hybridized carbons (Fsp3) is 0.136. The van der Waals surface area contributed by atoms with Gasteiger partial charge in [-0.25, -0.2) is 9.97 Å². The van der Waals surface area contributed by atoms with Gasteiger partial charge in [0.25, 0.3) is 0 Å². The van der Waals surface area contributed by atoms with Crippen LogP contribution in [-0.4, -0.2) is 20.1 Å². The summed E-state index contributed by atoms with van der Waals surface area (Å²) in [5.74, 6) is 0.235. The van der Waals surface area contributed by atoms with E-state index in [-0.39, 0.29) is 5.75 Å². The second-order valence-corrected chi connectivity index (χ2v) is 6.80. The zero-order chi connectivity index (χ0) is 21.3. The SMILES string of the molecule is Cc1ccnc(N[C@@H](c2ccc(C(F)(F)F)cc2)c2ccc3cccnc3c2O)n1. The highest BCUT2D eigenvalue weighted by Gasteiger charge is 2.30. The van der Waals surface area contributed by atoms with E-state index in [1.54, 1.807) is 43.6 Å². The standard InChI is InChI=1S/C22H17F3N4O/c1-13-10-12-27-21(28-13)29-18(15-4-7-16(8-5-15)22(23,24)25)17-9-6-14-3-2-11-26-19(14)20(17)30/h2-12,18,30H,1H3,(H,27,28,29)/t18-/m0/s1. The van der Waals surface area contributed by atoms with Gasteiger partial charge in [0.15, 0.2) is 0 Å². The lowest BCUT2D eigenvalue weighted by Gasteiger charge is -2.22. The van der Waals surface area contributed by atoms with E-state index >= 15 is 0 Å². The lowest BCUT2D eigenvalue weighted by molar-refractivity contribution is -0.137. The van der Waals surface area contributed by atoms with E-state index in [1.165, 1.54) is 12.1 Å². The number of aromatic nitrogens is 3. The second-order valence-electron chi connectivity index (χ2n) is 6.80. The van der Waals surface area contributed by atoms with Crippen molar-refractivity contribution in [2.24, 2.45) is 0 Å². The number of hydrogen-bond acceptors (Lipinski definition) is 5. The molecule has 0 saturated heterocycles. The maximum Gasteiger partial charge on any atom is 0.416 e. The summed E-state index contributed by atoms with van der Waals surface area (Å²) in [5.41, 5.74) is 1.34. The Bertz CT molecular complexity index is 1190. The van der Waals surface area contributed by atoms with E-state index in [9.17, 15) is 18.3 Å². The molecular weight excluding hydrogens is 393 g/mol. The lowest BCUT2D eigenvalue weighted by Crippen LogP contribution is -2.15. The molecule has 30 heavy (non-hydrogen) atoms. The average Bonchev–Trinajstić information content (AvgIpc) is 2.72. The first kappa shape index (κ1) is 19.6. The van der Waals surface area contributed by atoms with Crippen molar-refractivity contribution >= 4 is 16.9 Å². The molecule has 4 aromatic rings. The van der Waals surface area contributed by atoms with Gasteiger partial charge in [-0.05, 0) is 36.8 Å². The lowest BCUT2D eigenvalue weighted by atomic mass is 9.95. The van der Waals surface area contributed by atoms with Crippen molar-refractivity contribution in [1.82, 2.24) is 15.0 Å². The normalized spacial score (nSPS) is 12.7. The van der Waals surface area contributed by atoms with Crippen LogP contribution in [-0.2, 0) is 6.18 Å². The Morgan fingerprint density at radius 1 is 0.933 bits per heavy atom. The molecule has 8 heteroatoms. The highest BCUT2D eigenvalue weighted by Crippen LogP contribution is 2.37. The number of rotatable bonds is 4. The van der Waals surface area contributed by atoms with Crippen molar-refractivity contribution in [1.29, 1.82) is 0 Å². The van der Waals surface area contributed by atoms with Gasteiger partial charge in [0.2, 0.25) is 5.95 Å². The number of phenols is 1. The van der Waals surface area contributed by atoms with E-state index < -0.39 is 17.8 Å². The number of phenolic OH excluding ortho intramolecular Hbond substituents is 1. The largest absolute Gasteiger partial charge is 0.505 e. The van der Waals surface area contributed by atoms with Crippen molar-refractivity contribution in [3.63, 3.8) is 0 Å². The number of aryl methyl sites for hydroxylation is 1. The first-order chi connectivity index (χ1) is 14.3. The Balaban J connectivity index is 1.82. The van der Waals surface area contributed by atoms with Crippen LogP contribution in [0.4, 0.5) is 19.1 Å². The molecule has 152 valence electrons. The van der Waals surface area contributed by atoms with Crippen molar-refractivity contribution in [2.45, 2.75) is 19.1 Å². The van der Waals surface area contributed by atoms with Gasteiger partial charge in [0.1, 0.15) is 11.3 Å². The number of nitrogens with zero attached hydrogens (tertiary/aromatic N) is 3. The van der Waals surface area contributed by atoms with Gasteiger partial charge in [-0.15, -0.1) is 0 Å². The van der Waals surface area contributed by atoms with E-state index in [2.05, 4.69) is 20.3 Å². The highest BCUT2D eigenvalue weighted by molar-refractivity contribution is 5.85. The summed E-state index contributed by atoms with van der Waals surface area (Å²) >= 11 is 0. The molecule has 0 bridgehead atoms. The molecule has 2 aromatic heterocycles. The van der Waals surface area contributed by atoms with Gasteiger partial charge in [-0.2, -0.15) is 13.2 Å². The van der Waals surface area contributed by atoms with Crippen LogP contribution in [0, 0.1) is 6.92 Å². The molecule has 0 fully saturated rings. The monoisotopic (exact) mass is 410 g/mol. The third kappa shape index (κ3) is 3.89. The minimum Gasteiger partial charge on any atom is -0.505 e. The third-order valence-electron chi connectivity index (χ3n) is 4.73. The van der Waals surface area contributed by atoms with Crippen LogP contribution < -0.4 is 5.32 Å². The van der Waals surface area contributed by atoms with Crippen LogP contribution in [0.3, 0.4) is 0 Å². The van der Waals surface area contributed by atoms with Crippen LogP contribution >= 0.6 is 0 Å². The fourth-order valence-electron chi connectivity index (χ4n) is 3.23. The highest BCUT2D eigenvalue weighted by atomic mass is 19.4. The maximum atomic E-state index is 13.0. The smallest absolute Gasteiger partial charge is 0.416 e. The van der Waals surface area contributed by atoms with Gasteiger partial charge in [0.05, 0.1) is 11.6 Å². The quantitative estimate of drug-likeness (QED) is 0.480. The summed E-state index contributed by atoms with van der Waals surface area (Å²) in [6.07, 6.45) is -1.29. The van der Waals surface area contributed by atoms with Crippen LogP contribution in [0.2, 0.25) is 0 Å². The number of hydrogen-bond donors (Lipinski definition) is 2. The Morgan fingerprint density at radius 2 is 1.70 bits per heavy atom. The number of fused-ring (bicyclic) bond motifs is 1. The zero-order valence-corrected chi connectivity index (χ0v) is 15.9. The third-order valence-corrected chi connectivity index (χ3v) is 4.73. The molecular formula is C22H17F3N4O. The first-order valence-corrected chi connectivity index (χ1v) is 9.13. The molecule has 4 rings (SSSR count). The molecule has 0 radical (unpaired) electrons. The Morgan fingerprint density at radius 3 is 2.40 bits per heavy atom. The van der Waals surface area contributed by atoms with E-state index in [0.717, 1.165) is 23.2 Å². The van der Waals surface area contributed by atoms with Crippen LogP contribution in [0.5, 0.6) is 5.75 Å². The molecule has 2 aromatic carbocycles. The van der Waals surface area contributed by atoms with Gasteiger partial charge in [-0.1, -0.05) is 30.3 Å². The van der Waals surface area contributed by atoms with Crippen molar-refractivity contribution in [3.8, 4) is 5.75 Å². The van der Waals surface area contributed by atoms with Crippen molar-refractivity contribution < 1.29 is 18.3 Å². The van der Waals surface area contributed by atoms with Crippen LogP contribution in [0.25, 0.3) is 10.9 Å². The number of anilines is 1. The Labute approximate surface area is 170 Å². The van der Waals surface area contributed by atoms with Gasteiger partial charge < -0.3 is 10.4 Å². The van der Waals surface area contributed by atoms with Gasteiger partial charge in [0, 0.05) is 29.0 Å². The molecule has 0 unspecified atom stereocenters. The van der Waals surface area contributed by atoms with E-state index in [0.29, 0.717) is 22.6 Å². The number of alkyl halides is 3.